The summed E-state index contributed by atoms with van der Waals surface area (Å²) in [6, 6.07) is 7.54. The second-order valence-electron chi connectivity index (χ2n) is 3.05. The average Bonchev–Trinajstić information content (AvgIpc) is 2.64. The molecule has 0 saturated carbocycles. The van der Waals surface area contributed by atoms with E-state index in [0.29, 0.717) is 5.82 Å². The first-order valence-electron chi connectivity index (χ1n) is 4.35. The third-order valence-electron chi connectivity index (χ3n) is 2.05. The molecule has 2 aromatic rings. The van der Waals surface area contributed by atoms with Crippen LogP contribution in [0.5, 0.6) is 5.75 Å². The zero-order valence-corrected chi connectivity index (χ0v) is 10.9. The van der Waals surface area contributed by atoms with Crippen molar-refractivity contribution >= 4 is 34.2 Å². The van der Waals surface area contributed by atoms with Gasteiger partial charge >= 0.3 is 0 Å². The van der Waals surface area contributed by atoms with E-state index in [-0.39, 0.29) is 12.4 Å². The summed E-state index contributed by atoms with van der Waals surface area (Å²) >= 11 is 3.38. The number of aromatic nitrogens is 2. The molecule has 0 radical (unpaired) electrons. The van der Waals surface area contributed by atoms with Crippen LogP contribution in [0.4, 0.5) is 5.82 Å². The first-order valence-corrected chi connectivity index (χ1v) is 5.15. The zero-order chi connectivity index (χ0) is 10.8. The molecule has 1 aromatic heterocycles. The summed E-state index contributed by atoms with van der Waals surface area (Å²) < 4.78 is 6.24. The van der Waals surface area contributed by atoms with Gasteiger partial charge in [0.25, 0.3) is 0 Å². The Kier molecular flexibility index (Phi) is 4.20. The van der Waals surface area contributed by atoms with Crippen LogP contribution in [-0.2, 0) is 0 Å². The van der Waals surface area contributed by atoms with E-state index in [2.05, 4.69) is 26.1 Å². The first kappa shape index (κ1) is 12.9. The molecule has 0 bridgehead atoms. The fourth-order valence-corrected chi connectivity index (χ4v) is 1.70. The quantitative estimate of drug-likeness (QED) is 0.896. The molecule has 6 heteroatoms. The van der Waals surface area contributed by atoms with Crippen molar-refractivity contribution in [1.82, 2.24) is 10.2 Å². The molecule has 3 N–H and O–H groups in total. The molecule has 0 saturated heterocycles. The number of nitrogens with zero attached hydrogens (tertiary/aromatic N) is 1. The minimum atomic E-state index is 0. The van der Waals surface area contributed by atoms with Crippen molar-refractivity contribution < 1.29 is 4.74 Å². The lowest BCUT2D eigenvalue weighted by Crippen LogP contribution is -1.88. The van der Waals surface area contributed by atoms with Gasteiger partial charge in [-0.2, -0.15) is 5.10 Å². The molecule has 0 aliphatic rings. The van der Waals surface area contributed by atoms with E-state index >= 15 is 0 Å². The van der Waals surface area contributed by atoms with Crippen molar-refractivity contribution in [3.05, 3.63) is 28.7 Å². The fraction of sp³-hybridized carbons (Fsp3) is 0.100. The molecule has 0 atom stereocenters. The van der Waals surface area contributed by atoms with E-state index in [4.69, 9.17) is 10.5 Å². The van der Waals surface area contributed by atoms with Crippen LogP contribution >= 0.6 is 28.3 Å². The average molecular weight is 305 g/mol. The Morgan fingerprint density at radius 3 is 2.69 bits per heavy atom. The number of nitrogens with two attached hydrogens (primary N) is 1. The Balaban J connectivity index is 0.00000128. The molecular formula is C10H11BrClN3O. The molecule has 2 rings (SSSR count). The Bertz CT molecular complexity index is 487. The zero-order valence-electron chi connectivity index (χ0n) is 8.53. The summed E-state index contributed by atoms with van der Waals surface area (Å²) in [5.41, 5.74) is 7.32. The second-order valence-corrected chi connectivity index (χ2v) is 3.97. The van der Waals surface area contributed by atoms with E-state index in [0.717, 1.165) is 21.5 Å². The molecule has 1 heterocycles. The predicted molar refractivity (Wildman–Crippen MR) is 69.9 cm³/mol. The van der Waals surface area contributed by atoms with Gasteiger partial charge < -0.3 is 10.5 Å². The molecule has 0 amide bonds. The molecule has 0 aliphatic heterocycles. The Labute approximate surface area is 108 Å². The van der Waals surface area contributed by atoms with Gasteiger partial charge in [-0.15, -0.1) is 12.4 Å². The second kappa shape index (κ2) is 5.23. The van der Waals surface area contributed by atoms with Gasteiger partial charge in [-0.3, -0.25) is 5.10 Å². The van der Waals surface area contributed by atoms with Crippen LogP contribution < -0.4 is 10.5 Å². The summed E-state index contributed by atoms with van der Waals surface area (Å²) in [7, 11) is 1.63. The number of nitrogens with one attached hydrogen (secondary N) is 1. The fourth-order valence-electron chi connectivity index (χ4n) is 1.36. The largest absolute Gasteiger partial charge is 0.496 e. The molecule has 86 valence electrons. The molecule has 0 fully saturated rings. The molecule has 0 spiro atoms. The number of rotatable bonds is 2. The van der Waals surface area contributed by atoms with Crippen LogP contribution in [0.25, 0.3) is 11.3 Å². The number of halogens is 2. The monoisotopic (exact) mass is 303 g/mol. The summed E-state index contributed by atoms with van der Waals surface area (Å²) in [4.78, 5) is 0. The van der Waals surface area contributed by atoms with E-state index in [1.54, 1.807) is 13.2 Å². The van der Waals surface area contributed by atoms with Gasteiger partial charge in [0, 0.05) is 16.1 Å². The van der Waals surface area contributed by atoms with Gasteiger partial charge in [0.1, 0.15) is 11.6 Å². The lowest BCUT2D eigenvalue weighted by molar-refractivity contribution is 0.416. The predicted octanol–water partition coefficient (Wildman–Crippen LogP) is 2.85. The lowest BCUT2D eigenvalue weighted by atomic mass is 10.1. The van der Waals surface area contributed by atoms with Gasteiger partial charge in [-0.05, 0) is 18.2 Å². The Hall–Kier alpha value is -1.20. The molecule has 16 heavy (non-hydrogen) atoms. The van der Waals surface area contributed by atoms with Crippen LogP contribution in [0.3, 0.4) is 0 Å². The summed E-state index contributed by atoms with van der Waals surface area (Å²) in [5.74, 6) is 1.24. The van der Waals surface area contributed by atoms with Crippen LogP contribution in [0.1, 0.15) is 0 Å². The smallest absolute Gasteiger partial charge is 0.145 e. The molecule has 0 unspecified atom stereocenters. The highest BCUT2D eigenvalue weighted by atomic mass is 79.9. The number of nitrogen functional groups attached to an aromatic ring is 1. The van der Waals surface area contributed by atoms with Gasteiger partial charge in [-0.25, -0.2) is 0 Å². The molecule has 0 aliphatic carbocycles. The lowest BCUT2D eigenvalue weighted by Gasteiger charge is -2.06. The highest BCUT2D eigenvalue weighted by Crippen LogP contribution is 2.31. The van der Waals surface area contributed by atoms with E-state index in [9.17, 15) is 0 Å². The van der Waals surface area contributed by atoms with Gasteiger partial charge in [0.15, 0.2) is 0 Å². The highest BCUT2D eigenvalue weighted by Gasteiger charge is 2.08. The van der Waals surface area contributed by atoms with E-state index in [1.165, 1.54) is 0 Å². The number of benzene rings is 1. The maximum absolute atomic E-state index is 5.54. The van der Waals surface area contributed by atoms with Gasteiger partial charge in [-0.1, -0.05) is 15.9 Å². The van der Waals surface area contributed by atoms with Crippen molar-refractivity contribution in [2.75, 3.05) is 12.8 Å². The van der Waals surface area contributed by atoms with Crippen LogP contribution in [0.15, 0.2) is 28.7 Å². The SMILES string of the molecule is COc1cc(Br)ccc1-c1cc(N)n[nH]1.Cl. The number of aromatic amines is 1. The summed E-state index contributed by atoms with van der Waals surface area (Å²) in [5, 5.41) is 6.72. The summed E-state index contributed by atoms with van der Waals surface area (Å²) in [6.45, 7) is 0. The third kappa shape index (κ3) is 2.48. The number of hydrogen-bond donors (Lipinski definition) is 2. The maximum Gasteiger partial charge on any atom is 0.145 e. The maximum atomic E-state index is 5.54. The standard InChI is InChI=1S/C10H10BrN3O.ClH/c1-15-9-4-6(11)2-3-7(9)8-5-10(12)14-13-8;/h2-5H,1H3,(H3,12,13,14);1H. The minimum absolute atomic E-state index is 0. The molecule has 4 nitrogen and oxygen atoms in total. The first-order chi connectivity index (χ1) is 7.20. The minimum Gasteiger partial charge on any atom is -0.496 e. The van der Waals surface area contributed by atoms with Gasteiger partial charge in [0.05, 0.1) is 12.8 Å². The molecular weight excluding hydrogens is 293 g/mol. The van der Waals surface area contributed by atoms with Gasteiger partial charge in [0.2, 0.25) is 0 Å². The summed E-state index contributed by atoms with van der Waals surface area (Å²) in [6.07, 6.45) is 0. The Morgan fingerprint density at radius 1 is 1.38 bits per heavy atom. The van der Waals surface area contributed by atoms with E-state index < -0.39 is 0 Å². The van der Waals surface area contributed by atoms with Crippen molar-refractivity contribution in [2.45, 2.75) is 0 Å². The van der Waals surface area contributed by atoms with Crippen LogP contribution in [-0.4, -0.2) is 17.3 Å². The third-order valence-corrected chi connectivity index (χ3v) is 2.54. The number of H-pyrrole nitrogens is 1. The van der Waals surface area contributed by atoms with E-state index in [1.807, 2.05) is 18.2 Å². The van der Waals surface area contributed by atoms with Crippen molar-refractivity contribution in [3.8, 4) is 17.0 Å². The van der Waals surface area contributed by atoms with Crippen molar-refractivity contribution in [2.24, 2.45) is 0 Å². The number of anilines is 1. The van der Waals surface area contributed by atoms with Crippen LogP contribution in [0.2, 0.25) is 0 Å². The van der Waals surface area contributed by atoms with Crippen molar-refractivity contribution in [1.29, 1.82) is 0 Å². The number of ether oxygens (including phenoxy) is 1. The highest BCUT2D eigenvalue weighted by molar-refractivity contribution is 9.10. The molecule has 1 aromatic carbocycles. The topological polar surface area (TPSA) is 63.9 Å². The van der Waals surface area contributed by atoms with Crippen molar-refractivity contribution in [3.63, 3.8) is 0 Å². The van der Waals surface area contributed by atoms with Crippen LogP contribution in [0, 0.1) is 0 Å². The normalized spacial score (nSPS) is 9.62. The Morgan fingerprint density at radius 2 is 2.12 bits per heavy atom. The number of hydrogen-bond acceptors (Lipinski definition) is 3. The number of methoxy groups -OCH3 is 1.